The number of hydrogen-bond donors (Lipinski definition) is 0. The summed E-state index contributed by atoms with van der Waals surface area (Å²) in [4.78, 5) is 24.1. The molecule has 0 aliphatic heterocycles. The molecule has 158 valence electrons. The second-order valence-electron chi connectivity index (χ2n) is 9.61. The van der Waals surface area contributed by atoms with E-state index in [1.165, 1.54) is 0 Å². The Morgan fingerprint density at radius 2 is 1.67 bits per heavy atom. The molecule has 5 heteroatoms. The van der Waals surface area contributed by atoms with Crippen molar-refractivity contribution in [1.82, 2.24) is 0 Å². The molecule has 1 fully saturated rings. The van der Waals surface area contributed by atoms with Gasteiger partial charge in [-0.1, -0.05) is 55.4 Å². The fourth-order valence-corrected chi connectivity index (χ4v) is 11.2. The van der Waals surface area contributed by atoms with Crippen LogP contribution < -0.4 is 0 Å². The van der Waals surface area contributed by atoms with Crippen LogP contribution in [0.15, 0.2) is 0 Å². The lowest BCUT2D eigenvalue weighted by molar-refractivity contribution is -0.149. The van der Waals surface area contributed by atoms with Crippen LogP contribution in [0.4, 0.5) is 0 Å². The topological polar surface area (TPSA) is 52.6 Å². The zero-order chi connectivity index (χ0) is 21.0. The smallest absolute Gasteiger partial charge is 0.306 e. The van der Waals surface area contributed by atoms with E-state index in [0.29, 0.717) is 29.7 Å². The van der Waals surface area contributed by atoms with Crippen molar-refractivity contribution in [1.29, 1.82) is 0 Å². The van der Waals surface area contributed by atoms with E-state index in [2.05, 4.69) is 48.5 Å². The number of ether oxygens (including phenoxy) is 1. The van der Waals surface area contributed by atoms with Gasteiger partial charge in [-0.15, -0.1) is 0 Å². The van der Waals surface area contributed by atoms with Gasteiger partial charge in [-0.05, 0) is 48.2 Å². The molecule has 0 N–H and O–H groups in total. The third-order valence-corrected chi connectivity index (χ3v) is 13.2. The lowest BCUT2D eigenvalue weighted by atomic mass is 9.61. The van der Waals surface area contributed by atoms with Gasteiger partial charge in [0.1, 0.15) is 6.29 Å². The first-order chi connectivity index (χ1) is 12.5. The van der Waals surface area contributed by atoms with Crippen molar-refractivity contribution < 1.29 is 18.8 Å². The third-order valence-electron chi connectivity index (χ3n) is 7.06. The van der Waals surface area contributed by atoms with Crippen molar-refractivity contribution >= 4 is 20.6 Å². The zero-order valence-corrected chi connectivity index (χ0v) is 20.0. The molecule has 1 rings (SSSR count). The highest BCUT2D eigenvalue weighted by atomic mass is 28.4. The van der Waals surface area contributed by atoms with Crippen LogP contribution in [-0.2, 0) is 18.8 Å². The van der Waals surface area contributed by atoms with Crippen LogP contribution in [0.1, 0.15) is 81.6 Å². The molecular formula is C22H42O4Si. The molecule has 1 saturated carbocycles. The summed E-state index contributed by atoms with van der Waals surface area (Å²) in [6.45, 7) is 20.1. The van der Waals surface area contributed by atoms with Crippen molar-refractivity contribution in [2.75, 3.05) is 6.61 Å². The Kier molecular flexibility index (Phi) is 8.74. The van der Waals surface area contributed by atoms with E-state index in [-0.39, 0.29) is 23.9 Å². The summed E-state index contributed by atoms with van der Waals surface area (Å²) >= 11 is 0. The van der Waals surface area contributed by atoms with E-state index in [1.807, 2.05) is 13.8 Å². The predicted molar refractivity (Wildman–Crippen MR) is 113 cm³/mol. The number of aldehydes is 1. The standard InChI is InChI=1S/C22H42O4Si/c1-10-25-21(24)13-19-18(8)20(11-12-22(19,9)14-23)26-27(15(2)3,16(4)5)17(6)7/h14-20H,10-13H2,1-9H3/t18-,19-,20-,22+/m0/s1. The predicted octanol–water partition coefficient (Wildman–Crippen LogP) is 5.75. The minimum absolute atomic E-state index is 0.0361. The van der Waals surface area contributed by atoms with E-state index in [9.17, 15) is 9.59 Å². The fraction of sp³-hybridized carbons (Fsp3) is 0.909. The van der Waals surface area contributed by atoms with Crippen molar-refractivity contribution in [3.05, 3.63) is 0 Å². The summed E-state index contributed by atoms with van der Waals surface area (Å²) in [5.41, 5.74) is 1.08. The molecule has 4 nitrogen and oxygen atoms in total. The van der Waals surface area contributed by atoms with Crippen molar-refractivity contribution in [2.24, 2.45) is 17.3 Å². The van der Waals surface area contributed by atoms with Gasteiger partial charge in [0.2, 0.25) is 8.32 Å². The number of esters is 1. The van der Waals surface area contributed by atoms with Crippen molar-refractivity contribution in [2.45, 2.75) is 104 Å². The largest absolute Gasteiger partial charge is 0.466 e. The quantitative estimate of drug-likeness (QED) is 0.282. The fourth-order valence-electron chi connectivity index (χ4n) is 5.56. The molecule has 0 aromatic carbocycles. The minimum Gasteiger partial charge on any atom is -0.466 e. The lowest BCUT2D eigenvalue weighted by Gasteiger charge is -2.51. The molecule has 0 spiro atoms. The molecule has 1 aliphatic rings. The second kappa shape index (κ2) is 9.68. The van der Waals surface area contributed by atoms with Gasteiger partial charge in [-0.25, -0.2) is 0 Å². The van der Waals surface area contributed by atoms with Gasteiger partial charge < -0.3 is 14.0 Å². The molecule has 27 heavy (non-hydrogen) atoms. The van der Waals surface area contributed by atoms with Gasteiger partial charge in [-0.3, -0.25) is 4.79 Å². The van der Waals surface area contributed by atoms with Crippen molar-refractivity contribution in [3.63, 3.8) is 0 Å². The Hall–Kier alpha value is -0.683. The molecule has 0 heterocycles. The van der Waals surface area contributed by atoms with Crippen LogP contribution >= 0.6 is 0 Å². The van der Waals surface area contributed by atoms with Crippen LogP contribution in [0.5, 0.6) is 0 Å². The maximum atomic E-state index is 12.2. The second-order valence-corrected chi connectivity index (χ2v) is 15.0. The van der Waals surface area contributed by atoms with Crippen LogP contribution in [-0.4, -0.2) is 33.3 Å². The summed E-state index contributed by atoms with van der Waals surface area (Å²) in [5.74, 6) is -0.0874. The van der Waals surface area contributed by atoms with E-state index < -0.39 is 13.7 Å². The molecule has 0 bridgehead atoms. The average molecular weight is 399 g/mol. The average Bonchev–Trinajstić information content (AvgIpc) is 2.57. The summed E-state index contributed by atoms with van der Waals surface area (Å²) in [6.07, 6.45) is 3.12. The molecular weight excluding hydrogens is 356 g/mol. The van der Waals surface area contributed by atoms with Gasteiger partial charge in [0.25, 0.3) is 0 Å². The zero-order valence-electron chi connectivity index (χ0n) is 19.0. The Balaban J connectivity index is 3.15. The van der Waals surface area contributed by atoms with Crippen LogP contribution in [0.3, 0.4) is 0 Å². The summed E-state index contributed by atoms with van der Waals surface area (Å²) in [6, 6.07) is 0. The molecule has 4 atom stereocenters. The minimum atomic E-state index is -2.00. The number of carbonyl (C=O) groups excluding carboxylic acids is 2. The molecule has 0 radical (unpaired) electrons. The number of rotatable bonds is 9. The molecule has 0 amide bonds. The van der Waals surface area contributed by atoms with Gasteiger partial charge in [0, 0.05) is 17.9 Å². The van der Waals surface area contributed by atoms with Gasteiger partial charge >= 0.3 is 5.97 Å². The van der Waals surface area contributed by atoms with Gasteiger partial charge in [0.05, 0.1) is 6.61 Å². The highest BCUT2D eigenvalue weighted by Gasteiger charge is 2.51. The number of carbonyl (C=O) groups is 2. The number of hydrogen-bond acceptors (Lipinski definition) is 4. The Bertz CT molecular complexity index is 481. The van der Waals surface area contributed by atoms with Crippen LogP contribution in [0, 0.1) is 17.3 Å². The molecule has 0 saturated heterocycles. The molecule has 0 aromatic rings. The molecule has 1 aliphatic carbocycles. The van der Waals surface area contributed by atoms with E-state index in [4.69, 9.17) is 9.16 Å². The Labute approximate surface area is 167 Å². The van der Waals surface area contributed by atoms with E-state index >= 15 is 0 Å². The summed E-state index contributed by atoms with van der Waals surface area (Å²) in [5, 5.41) is 0. The SMILES string of the molecule is CCOC(=O)C[C@H]1[C@H](C)[C@@H](O[Si](C(C)C)(C(C)C)C(C)C)CC[C@]1(C)C=O. The normalized spacial score (nSPS) is 29.4. The first-order valence-electron chi connectivity index (χ1n) is 10.8. The van der Waals surface area contributed by atoms with Crippen LogP contribution in [0.2, 0.25) is 16.6 Å². The van der Waals surface area contributed by atoms with E-state index in [1.54, 1.807) is 0 Å². The highest BCUT2D eigenvalue weighted by molar-refractivity contribution is 6.77. The van der Waals surface area contributed by atoms with Crippen molar-refractivity contribution in [3.8, 4) is 0 Å². The first kappa shape index (κ1) is 24.4. The molecule has 0 aromatic heterocycles. The lowest BCUT2D eigenvalue weighted by Crippen LogP contribution is -2.54. The highest BCUT2D eigenvalue weighted by Crippen LogP contribution is 2.50. The van der Waals surface area contributed by atoms with E-state index in [0.717, 1.165) is 19.1 Å². The Morgan fingerprint density at radius 1 is 1.15 bits per heavy atom. The monoisotopic (exact) mass is 398 g/mol. The maximum absolute atomic E-state index is 12.2. The van der Waals surface area contributed by atoms with Crippen LogP contribution in [0.25, 0.3) is 0 Å². The summed E-state index contributed by atoms with van der Waals surface area (Å²) < 4.78 is 12.3. The van der Waals surface area contributed by atoms with Gasteiger partial charge in [0.15, 0.2) is 0 Å². The first-order valence-corrected chi connectivity index (χ1v) is 12.9. The third kappa shape index (κ3) is 5.03. The molecule has 0 unspecified atom stereocenters. The maximum Gasteiger partial charge on any atom is 0.306 e. The van der Waals surface area contributed by atoms with Gasteiger partial charge in [-0.2, -0.15) is 0 Å². The summed E-state index contributed by atoms with van der Waals surface area (Å²) in [7, 11) is -2.00. The Morgan fingerprint density at radius 3 is 2.07 bits per heavy atom.